The largest absolute Gasteiger partial charge is 0.355 e. The van der Waals surface area contributed by atoms with Crippen molar-refractivity contribution in [2.45, 2.75) is 25.7 Å². The third-order valence-corrected chi connectivity index (χ3v) is 7.29. The van der Waals surface area contributed by atoms with Crippen LogP contribution in [0.1, 0.15) is 24.8 Å². The van der Waals surface area contributed by atoms with Crippen LogP contribution in [-0.2, 0) is 11.2 Å². The summed E-state index contributed by atoms with van der Waals surface area (Å²) >= 11 is 0. The second-order valence-electron chi connectivity index (χ2n) is 9.58. The Morgan fingerprint density at radius 2 is 1.62 bits per heavy atom. The number of hydrogen-bond donors (Lipinski definition) is 1. The molecule has 2 heterocycles. The summed E-state index contributed by atoms with van der Waals surface area (Å²) in [6.45, 7) is 2.23. The second kappa shape index (κ2) is 8.90. The van der Waals surface area contributed by atoms with Gasteiger partial charge in [-0.15, -0.1) is 0 Å². The summed E-state index contributed by atoms with van der Waals surface area (Å²) in [7, 11) is 0. The van der Waals surface area contributed by atoms with Gasteiger partial charge in [0.15, 0.2) is 0 Å². The highest BCUT2D eigenvalue weighted by atomic mass is 16.1. The fraction of sp³-hybridized carbons (Fsp3) is 0.276. The molecule has 34 heavy (non-hydrogen) atoms. The molecule has 2 fully saturated rings. The van der Waals surface area contributed by atoms with E-state index in [9.17, 15) is 4.79 Å². The van der Waals surface area contributed by atoms with Crippen molar-refractivity contribution in [1.29, 1.82) is 0 Å². The normalized spacial score (nSPS) is 19.4. The van der Waals surface area contributed by atoms with E-state index in [1.165, 1.54) is 19.3 Å². The first-order valence-electron chi connectivity index (χ1n) is 12.2. The Labute approximate surface area is 199 Å². The van der Waals surface area contributed by atoms with E-state index in [1.54, 1.807) is 0 Å². The molecule has 4 aromatic rings. The van der Waals surface area contributed by atoms with Crippen LogP contribution in [0, 0.1) is 11.8 Å². The average Bonchev–Trinajstić information content (AvgIpc) is 3.47. The molecule has 2 unspecified atom stereocenters. The monoisotopic (exact) mass is 448 g/mol. The minimum atomic E-state index is -0.0153. The van der Waals surface area contributed by atoms with Crippen LogP contribution in [0.25, 0.3) is 22.2 Å². The zero-order valence-corrected chi connectivity index (χ0v) is 19.2. The molecule has 1 aliphatic carbocycles. The molecule has 0 spiro atoms. The van der Waals surface area contributed by atoms with Crippen LogP contribution in [0.4, 0.5) is 11.5 Å². The summed E-state index contributed by atoms with van der Waals surface area (Å²) in [5.74, 6) is 2.64. The Morgan fingerprint density at radius 3 is 2.38 bits per heavy atom. The number of benzene rings is 3. The first-order valence-corrected chi connectivity index (χ1v) is 12.2. The van der Waals surface area contributed by atoms with Gasteiger partial charge < -0.3 is 10.2 Å². The number of hydrogen-bond acceptors (Lipinski definition) is 4. The Balaban J connectivity index is 1.17. The number of carbonyl (C=O) groups is 1. The molecule has 5 heteroatoms. The quantitative estimate of drug-likeness (QED) is 0.425. The predicted octanol–water partition coefficient (Wildman–Crippen LogP) is 5.71. The average molecular weight is 449 g/mol. The molecule has 1 N–H and O–H groups in total. The molecule has 0 bridgehead atoms. The summed E-state index contributed by atoms with van der Waals surface area (Å²) in [4.78, 5) is 24.4. The van der Waals surface area contributed by atoms with Crippen molar-refractivity contribution in [2.75, 3.05) is 23.3 Å². The van der Waals surface area contributed by atoms with Gasteiger partial charge in [0.05, 0.1) is 23.7 Å². The Morgan fingerprint density at radius 1 is 0.882 bits per heavy atom. The molecule has 0 radical (unpaired) electrons. The van der Waals surface area contributed by atoms with E-state index >= 15 is 0 Å². The van der Waals surface area contributed by atoms with Crippen LogP contribution >= 0.6 is 0 Å². The number of amides is 1. The molecule has 1 saturated carbocycles. The van der Waals surface area contributed by atoms with E-state index in [4.69, 9.17) is 4.98 Å². The number of aromatic nitrogens is 2. The number of fused-ring (bicyclic) bond motifs is 2. The van der Waals surface area contributed by atoms with Gasteiger partial charge in [-0.3, -0.25) is 9.78 Å². The lowest BCUT2D eigenvalue weighted by Gasteiger charge is -2.18. The molecule has 1 saturated heterocycles. The van der Waals surface area contributed by atoms with Gasteiger partial charge in [0, 0.05) is 18.8 Å². The maximum atomic E-state index is 12.4. The Kier molecular flexibility index (Phi) is 5.46. The number of nitrogens with one attached hydrogen (secondary N) is 1. The first-order chi connectivity index (χ1) is 16.7. The molecule has 2 aliphatic rings. The van der Waals surface area contributed by atoms with Crippen molar-refractivity contribution in [3.05, 3.63) is 84.6 Å². The highest BCUT2D eigenvalue weighted by Crippen LogP contribution is 2.39. The van der Waals surface area contributed by atoms with Gasteiger partial charge in [-0.25, -0.2) is 4.98 Å². The lowest BCUT2D eigenvalue weighted by atomic mass is 10.0. The maximum absolute atomic E-state index is 12.4. The van der Waals surface area contributed by atoms with Gasteiger partial charge in [-0.05, 0) is 65.6 Å². The van der Waals surface area contributed by atoms with E-state index < -0.39 is 0 Å². The zero-order valence-electron chi connectivity index (χ0n) is 19.2. The van der Waals surface area contributed by atoms with Crippen LogP contribution in [0.15, 0.2) is 79.0 Å². The van der Waals surface area contributed by atoms with Crippen molar-refractivity contribution >= 4 is 28.4 Å². The molecule has 2 atom stereocenters. The lowest BCUT2D eigenvalue weighted by molar-refractivity contribution is -0.115. The molecular formula is C29H28N4O. The van der Waals surface area contributed by atoms with Crippen LogP contribution in [0.5, 0.6) is 0 Å². The molecule has 1 amide bonds. The van der Waals surface area contributed by atoms with Crippen molar-refractivity contribution in [3.8, 4) is 11.1 Å². The molecular weight excluding hydrogens is 420 g/mol. The van der Waals surface area contributed by atoms with Gasteiger partial charge in [0.2, 0.25) is 5.91 Å². The number of anilines is 2. The smallest absolute Gasteiger partial charge is 0.228 e. The van der Waals surface area contributed by atoms with Crippen molar-refractivity contribution in [1.82, 2.24) is 9.97 Å². The van der Waals surface area contributed by atoms with Gasteiger partial charge in [-0.1, -0.05) is 55.0 Å². The summed E-state index contributed by atoms with van der Waals surface area (Å²) < 4.78 is 0. The molecule has 170 valence electrons. The van der Waals surface area contributed by atoms with Gasteiger partial charge in [-0.2, -0.15) is 0 Å². The summed E-state index contributed by atoms with van der Waals surface area (Å²) in [5.41, 5.74) is 5.83. The molecule has 5 nitrogen and oxygen atoms in total. The van der Waals surface area contributed by atoms with Crippen molar-refractivity contribution in [3.63, 3.8) is 0 Å². The molecule has 1 aliphatic heterocycles. The number of rotatable bonds is 5. The van der Waals surface area contributed by atoms with Gasteiger partial charge in [0.25, 0.3) is 0 Å². The van der Waals surface area contributed by atoms with Gasteiger partial charge in [0.1, 0.15) is 5.82 Å². The molecule has 3 aromatic carbocycles. The Bertz CT molecular complexity index is 1310. The molecule has 6 rings (SSSR count). The highest BCUT2D eigenvalue weighted by molar-refractivity contribution is 5.92. The van der Waals surface area contributed by atoms with E-state index in [-0.39, 0.29) is 5.91 Å². The highest BCUT2D eigenvalue weighted by Gasteiger charge is 2.36. The van der Waals surface area contributed by atoms with Crippen molar-refractivity contribution in [2.24, 2.45) is 11.8 Å². The van der Waals surface area contributed by atoms with Crippen molar-refractivity contribution < 1.29 is 4.79 Å². The number of carbonyl (C=O) groups excluding carboxylic acids is 1. The maximum Gasteiger partial charge on any atom is 0.228 e. The summed E-state index contributed by atoms with van der Waals surface area (Å²) in [6, 6.07) is 24.0. The van der Waals surface area contributed by atoms with E-state index in [1.807, 2.05) is 66.9 Å². The molecule has 1 aromatic heterocycles. The van der Waals surface area contributed by atoms with Crippen LogP contribution < -0.4 is 10.2 Å². The summed E-state index contributed by atoms with van der Waals surface area (Å²) in [6.07, 6.45) is 6.39. The standard InChI is InChI=1S/C29H28N4O/c34-29(15-20-5-2-1-3-6-20)31-25-12-9-21(10-13-25)22-11-14-26-27(16-22)32-28(17-30-26)33-18-23-7-4-8-24(23)19-33/h1-3,5-6,9-14,16-17,23-24H,4,7-8,15,18-19H2,(H,31,34). The van der Waals surface area contributed by atoms with E-state index in [0.29, 0.717) is 6.42 Å². The second-order valence-corrected chi connectivity index (χ2v) is 9.58. The minimum Gasteiger partial charge on any atom is -0.355 e. The number of nitrogens with zero attached hydrogens (tertiary/aromatic N) is 3. The van der Waals surface area contributed by atoms with E-state index in [2.05, 4.69) is 27.3 Å². The van der Waals surface area contributed by atoms with Crippen LogP contribution in [0.3, 0.4) is 0 Å². The lowest BCUT2D eigenvalue weighted by Crippen LogP contribution is -2.22. The Hall–Kier alpha value is -3.73. The summed E-state index contributed by atoms with van der Waals surface area (Å²) in [5, 5.41) is 2.99. The van der Waals surface area contributed by atoms with Gasteiger partial charge >= 0.3 is 0 Å². The fourth-order valence-electron chi connectivity index (χ4n) is 5.49. The van der Waals surface area contributed by atoms with Crippen LogP contribution in [0.2, 0.25) is 0 Å². The predicted molar refractivity (Wildman–Crippen MR) is 137 cm³/mol. The minimum absolute atomic E-state index is 0.0153. The van der Waals surface area contributed by atoms with Crippen LogP contribution in [-0.4, -0.2) is 29.0 Å². The zero-order chi connectivity index (χ0) is 22.9. The topological polar surface area (TPSA) is 58.1 Å². The SMILES string of the molecule is O=C(Cc1ccccc1)Nc1ccc(-c2ccc3ncc(N4CC5CCCC5C4)nc3c2)cc1. The third kappa shape index (κ3) is 4.26. The van der Waals surface area contributed by atoms with E-state index in [0.717, 1.165) is 64.2 Å². The first kappa shape index (κ1) is 20.8. The fourth-order valence-corrected chi connectivity index (χ4v) is 5.49. The third-order valence-electron chi connectivity index (χ3n) is 7.29.